The zero-order chi connectivity index (χ0) is 25.3. The van der Waals surface area contributed by atoms with Gasteiger partial charge in [0.1, 0.15) is 0 Å². The van der Waals surface area contributed by atoms with Crippen molar-refractivity contribution in [1.82, 2.24) is 0 Å². The van der Waals surface area contributed by atoms with Crippen LogP contribution in [0.25, 0.3) is 0 Å². The highest BCUT2D eigenvalue weighted by atomic mass is 16.5. The van der Waals surface area contributed by atoms with E-state index in [9.17, 15) is 15.0 Å². The molecule has 0 amide bonds. The minimum absolute atomic E-state index is 0.0224. The monoisotopic (exact) mass is 472 g/mol. The number of allylic oxidation sites excluding steroid dienone is 2. The third kappa shape index (κ3) is 3.53. The minimum atomic E-state index is -0.582. The smallest absolute Gasteiger partial charge is 0.155 e. The van der Waals surface area contributed by atoms with Gasteiger partial charge in [0.2, 0.25) is 0 Å². The van der Waals surface area contributed by atoms with Crippen molar-refractivity contribution in [2.75, 3.05) is 7.11 Å². The van der Waals surface area contributed by atoms with Crippen molar-refractivity contribution in [3.8, 4) is 0 Å². The maximum atomic E-state index is 12.6. The Morgan fingerprint density at radius 3 is 2.38 bits per heavy atom. The van der Waals surface area contributed by atoms with E-state index in [1.54, 1.807) is 6.08 Å². The van der Waals surface area contributed by atoms with E-state index in [1.807, 2.05) is 21.0 Å². The van der Waals surface area contributed by atoms with Crippen molar-refractivity contribution >= 4 is 5.78 Å². The van der Waals surface area contributed by atoms with Crippen LogP contribution < -0.4 is 0 Å². The lowest BCUT2D eigenvalue weighted by molar-refractivity contribution is -0.235. The second-order valence-corrected chi connectivity index (χ2v) is 13.5. The fraction of sp³-hybridized carbons (Fsp3) is 0.833. The zero-order valence-corrected chi connectivity index (χ0v) is 22.8. The van der Waals surface area contributed by atoms with Crippen molar-refractivity contribution in [3.05, 3.63) is 23.3 Å². The van der Waals surface area contributed by atoms with Gasteiger partial charge in [-0.2, -0.15) is 0 Å². The van der Waals surface area contributed by atoms with Crippen LogP contribution in [0.5, 0.6) is 0 Å². The van der Waals surface area contributed by atoms with Gasteiger partial charge < -0.3 is 14.9 Å². The van der Waals surface area contributed by atoms with E-state index < -0.39 is 11.7 Å². The minimum Gasteiger partial charge on any atom is -0.392 e. The Labute approximate surface area is 207 Å². The topological polar surface area (TPSA) is 66.8 Å². The number of fused-ring (bicyclic) bond motifs is 5. The molecule has 0 aliphatic heterocycles. The van der Waals surface area contributed by atoms with E-state index in [4.69, 9.17) is 4.74 Å². The summed E-state index contributed by atoms with van der Waals surface area (Å²) in [6, 6.07) is 0. The van der Waals surface area contributed by atoms with Crippen LogP contribution in [-0.2, 0) is 9.53 Å². The molecule has 4 heteroatoms. The molecular formula is C30H48O4. The molecule has 4 rings (SSSR count). The predicted octanol–water partition coefficient (Wildman–Crippen LogP) is 5.86. The molecule has 3 fully saturated rings. The third-order valence-electron chi connectivity index (χ3n) is 11.3. The summed E-state index contributed by atoms with van der Waals surface area (Å²) in [6.07, 6.45) is 9.36. The quantitative estimate of drug-likeness (QED) is 0.388. The molecule has 0 heterocycles. The Morgan fingerprint density at radius 2 is 1.76 bits per heavy atom. The molecule has 0 aromatic heterocycles. The van der Waals surface area contributed by atoms with Crippen LogP contribution in [0.2, 0.25) is 0 Å². The number of carbonyl (C=O) groups is 1. The molecule has 3 saturated carbocycles. The third-order valence-corrected chi connectivity index (χ3v) is 11.3. The van der Waals surface area contributed by atoms with Crippen LogP contribution in [0.1, 0.15) is 93.4 Å². The van der Waals surface area contributed by atoms with Gasteiger partial charge in [-0.25, -0.2) is 0 Å². The molecule has 4 aliphatic carbocycles. The molecule has 0 bridgehead atoms. The fourth-order valence-electron chi connectivity index (χ4n) is 9.40. The summed E-state index contributed by atoms with van der Waals surface area (Å²) in [4.78, 5) is 12.6. The first kappa shape index (κ1) is 26.1. The highest BCUT2D eigenvalue weighted by Gasteiger charge is 2.71. The largest absolute Gasteiger partial charge is 0.392 e. The van der Waals surface area contributed by atoms with Gasteiger partial charge in [-0.05, 0) is 81.1 Å². The molecule has 34 heavy (non-hydrogen) atoms. The predicted molar refractivity (Wildman–Crippen MR) is 136 cm³/mol. The number of carbonyl (C=O) groups excluding carboxylic acids is 1. The van der Waals surface area contributed by atoms with Crippen LogP contribution in [0.15, 0.2) is 23.3 Å². The zero-order valence-electron chi connectivity index (χ0n) is 22.8. The number of aliphatic hydroxyl groups is 2. The van der Waals surface area contributed by atoms with Crippen LogP contribution in [-0.4, -0.2) is 40.9 Å². The Morgan fingerprint density at radius 1 is 1.09 bits per heavy atom. The van der Waals surface area contributed by atoms with Crippen LogP contribution >= 0.6 is 0 Å². The first-order valence-corrected chi connectivity index (χ1v) is 13.6. The molecule has 0 aromatic carbocycles. The van der Waals surface area contributed by atoms with Crippen molar-refractivity contribution in [1.29, 1.82) is 0 Å². The summed E-state index contributed by atoms with van der Waals surface area (Å²) in [7, 11) is 1.85. The first-order valence-electron chi connectivity index (χ1n) is 13.6. The van der Waals surface area contributed by atoms with E-state index in [-0.39, 0.29) is 40.0 Å². The van der Waals surface area contributed by atoms with E-state index in [0.717, 1.165) is 44.1 Å². The van der Waals surface area contributed by atoms with E-state index in [2.05, 4.69) is 40.7 Å². The summed E-state index contributed by atoms with van der Waals surface area (Å²) in [6.45, 7) is 15.3. The van der Waals surface area contributed by atoms with Gasteiger partial charge in [-0.15, -0.1) is 0 Å². The second-order valence-electron chi connectivity index (χ2n) is 13.5. The molecule has 4 nitrogen and oxygen atoms in total. The molecule has 2 N–H and O–H groups in total. The van der Waals surface area contributed by atoms with Crippen molar-refractivity contribution in [3.63, 3.8) is 0 Å². The molecule has 0 aromatic rings. The SMILES string of the molecule is CO[C@@]12CC[C@]3(C)[C@@H]([C@H](C)CC(=O)C=C(C)C)CC[C@@]3(C)[C@@H]1[C@@H](O)C=C1[C@H]2CC[C@H](O)C1(C)C. The Kier molecular flexibility index (Phi) is 6.57. The van der Waals surface area contributed by atoms with Crippen molar-refractivity contribution in [2.24, 2.45) is 39.9 Å². The van der Waals surface area contributed by atoms with Crippen LogP contribution in [0.4, 0.5) is 0 Å². The Bertz CT molecular complexity index is 882. The van der Waals surface area contributed by atoms with Crippen LogP contribution in [0, 0.1) is 39.9 Å². The molecule has 0 spiro atoms. The normalized spacial score (nSPS) is 45.9. The average molecular weight is 473 g/mol. The van der Waals surface area contributed by atoms with Gasteiger partial charge >= 0.3 is 0 Å². The first-order chi connectivity index (χ1) is 15.7. The van der Waals surface area contributed by atoms with E-state index in [0.29, 0.717) is 18.3 Å². The number of rotatable bonds is 5. The Hall–Kier alpha value is -0.970. The maximum absolute atomic E-state index is 12.6. The van der Waals surface area contributed by atoms with Gasteiger partial charge in [0.05, 0.1) is 17.8 Å². The van der Waals surface area contributed by atoms with Gasteiger partial charge in [-0.3, -0.25) is 4.79 Å². The van der Waals surface area contributed by atoms with Gasteiger partial charge in [0.25, 0.3) is 0 Å². The summed E-state index contributed by atoms with van der Waals surface area (Å²) in [5.74, 6) is 1.28. The van der Waals surface area contributed by atoms with E-state index >= 15 is 0 Å². The van der Waals surface area contributed by atoms with Gasteiger partial charge in [0.15, 0.2) is 5.78 Å². The summed E-state index contributed by atoms with van der Waals surface area (Å²) < 4.78 is 6.53. The maximum Gasteiger partial charge on any atom is 0.155 e. The lowest BCUT2D eigenvalue weighted by Gasteiger charge is -2.66. The van der Waals surface area contributed by atoms with Crippen molar-refractivity contribution in [2.45, 2.75) is 111 Å². The summed E-state index contributed by atoms with van der Waals surface area (Å²) in [5.41, 5.74) is 1.50. The molecule has 9 atom stereocenters. The molecular weight excluding hydrogens is 424 g/mol. The van der Waals surface area contributed by atoms with Crippen molar-refractivity contribution < 1.29 is 19.7 Å². The van der Waals surface area contributed by atoms with Gasteiger partial charge in [0, 0.05) is 30.8 Å². The van der Waals surface area contributed by atoms with E-state index in [1.165, 1.54) is 5.57 Å². The number of ketones is 1. The van der Waals surface area contributed by atoms with Crippen LogP contribution in [0.3, 0.4) is 0 Å². The number of hydrogen-bond donors (Lipinski definition) is 2. The summed E-state index contributed by atoms with van der Waals surface area (Å²) in [5, 5.41) is 22.5. The standard InChI is InChI=1S/C30H48O4/c1-18(2)15-20(31)16-19(3)21-11-12-29(7)26-24(32)17-23-22(9-10-25(33)27(23,4)5)30(26,34-8)14-13-28(21,29)6/h15,17,19,21-22,24-26,32-33H,9-14,16H2,1-8H3/t19-,21-,22-,24+,25+,26+,28-,29+,30-/m1/s1. The second kappa shape index (κ2) is 8.56. The average Bonchev–Trinajstić information content (AvgIpc) is 3.01. The number of methoxy groups -OCH3 is 1. The highest BCUT2D eigenvalue weighted by Crippen LogP contribution is 2.73. The van der Waals surface area contributed by atoms with Gasteiger partial charge in [-0.1, -0.05) is 51.8 Å². The lowest BCUT2D eigenvalue weighted by Crippen LogP contribution is -2.68. The Balaban J connectivity index is 1.72. The number of aliphatic hydroxyl groups excluding tert-OH is 2. The lowest BCUT2D eigenvalue weighted by atomic mass is 9.41. The molecule has 4 aliphatic rings. The summed E-state index contributed by atoms with van der Waals surface area (Å²) >= 11 is 0. The number of ether oxygens (including phenoxy) is 1. The molecule has 0 radical (unpaired) electrons. The molecule has 0 saturated heterocycles. The molecule has 192 valence electrons. The molecule has 0 unspecified atom stereocenters. The number of hydrogen-bond acceptors (Lipinski definition) is 4. The fourth-order valence-corrected chi connectivity index (χ4v) is 9.40. The highest BCUT2D eigenvalue weighted by molar-refractivity contribution is 5.90.